The van der Waals surface area contributed by atoms with E-state index in [1.165, 1.54) is 0 Å². The number of allylic oxidation sites excluding steroid dienone is 4. The molecule has 1 unspecified atom stereocenters. The number of carbonyl (C=O) groups is 1. The highest BCUT2D eigenvalue weighted by Gasteiger charge is 2.05. The molecule has 0 spiro atoms. The van der Waals surface area contributed by atoms with Crippen LogP contribution >= 0.6 is 0 Å². The number of carbonyl (C=O) groups excluding carboxylic acids is 1. The average Bonchev–Trinajstić information content (AvgIpc) is 2.44. The normalized spacial score (nSPS) is 13.0. The van der Waals surface area contributed by atoms with E-state index in [0.29, 0.717) is 12.3 Å². The van der Waals surface area contributed by atoms with Gasteiger partial charge in [0.25, 0.3) is 0 Å². The Bertz CT molecular complexity index is 329. The van der Waals surface area contributed by atoms with Crippen molar-refractivity contribution in [3.05, 3.63) is 37.1 Å². The zero-order chi connectivity index (χ0) is 15.9. The summed E-state index contributed by atoms with van der Waals surface area (Å²) in [4.78, 5) is 11.3. The molecule has 0 radical (unpaired) electrons. The predicted octanol–water partition coefficient (Wildman–Crippen LogP) is 4.80. The summed E-state index contributed by atoms with van der Waals surface area (Å²) in [5, 5.41) is 0. The van der Waals surface area contributed by atoms with E-state index in [9.17, 15) is 4.79 Å². The van der Waals surface area contributed by atoms with Crippen LogP contribution in [0.3, 0.4) is 0 Å². The van der Waals surface area contributed by atoms with Crippen molar-refractivity contribution >= 4 is 5.97 Å². The Balaban J connectivity index is 3.70. The molecular weight excluding hydrogens is 264 g/mol. The Labute approximate surface area is 129 Å². The Morgan fingerprint density at radius 2 is 2.05 bits per heavy atom. The third-order valence-corrected chi connectivity index (χ3v) is 2.98. The zero-order valence-electron chi connectivity index (χ0n) is 13.7. The summed E-state index contributed by atoms with van der Waals surface area (Å²) in [6.07, 6.45) is 13.8. The lowest BCUT2D eigenvalue weighted by Crippen LogP contribution is -2.10. The van der Waals surface area contributed by atoms with Crippen LogP contribution in [0.5, 0.6) is 0 Å². The Morgan fingerprint density at radius 3 is 2.67 bits per heavy atom. The number of unbranched alkanes of at least 4 members (excludes halogenated alkanes) is 1. The second-order valence-corrected chi connectivity index (χ2v) is 5.31. The molecule has 1 atom stereocenters. The van der Waals surface area contributed by atoms with Crippen LogP contribution in [0, 0.1) is 5.92 Å². The standard InChI is InChI=1S/C18H30O3/c1-5-7-14-20-15-17(6-2)12-10-8-9-11-13-18(19)21-16(3)4/h5,7-8,10,14,16-17H,1,6,9,11-13,15H2,2-4H3/b10-8-,14-7-. The molecule has 0 N–H and O–H groups in total. The van der Waals surface area contributed by atoms with Crippen LogP contribution in [0.1, 0.15) is 52.9 Å². The molecule has 3 heteroatoms. The lowest BCUT2D eigenvalue weighted by atomic mass is 10.0. The van der Waals surface area contributed by atoms with Gasteiger partial charge in [-0.25, -0.2) is 0 Å². The van der Waals surface area contributed by atoms with Gasteiger partial charge in [0, 0.05) is 6.42 Å². The zero-order valence-corrected chi connectivity index (χ0v) is 13.7. The van der Waals surface area contributed by atoms with Crippen LogP contribution in [-0.2, 0) is 14.3 Å². The largest absolute Gasteiger partial charge is 0.501 e. The van der Waals surface area contributed by atoms with E-state index in [0.717, 1.165) is 32.3 Å². The van der Waals surface area contributed by atoms with E-state index >= 15 is 0 Å². The van der Waals surface area contributed by atoms with Crippen molar-refractivity contribution < 1.29 is 14.3 Å². The van der Waals surface area contributed by atoms with E-state index in [2.05, 4.69) is 25.7 Å². The van der Waals surface area contributed by atoms with Crippen LogP contribution in [0.2, 0.25) is 0 Å². The first kappa shape index (κ1) is 19.5. The first-order chi connectivity index (χ1) is 10.1. The minimum Gasteiger partial charge on any atom is -0.501 e. The van der Waals surface area contributed by atoms with Crippen LogP contribution in [0.15, 0.2) is 37.1 Å². The van der Waals surface area contributed by atoms with E-state index in [-0.39, 0.29) is 12.1 Å². The van der Waals surface area contributed by atoms with Crippen molar-refractivity contribution in [1.82, 2.24) is 0 Å². The highest BCUT2D eigenvalue weighted by Crippen LogP contribution is 2.11. The first-order valence-electron chi connectivity index (χ1n) is 7.83. The van der Waals surface area contributed by atoms with Crippen LogP contribution in [-0.4, -0.2) is 18.7 Å². The molecule has 0 aromatic heterocycles. The summed E-state index contributed by atoms with van der Waals surface area (Å²) in [6.45, 7) is 10.2. The Morgan fingerprint density at radius 1 is 1.29 bits per heavy atom. The summed E-state index contributed by atoms with van der Waals surface area (Å²) in [6, 6.07) is 0. The number of hydrogen-bond acceptors (Lipinski definition) is 3. The van der Waals surface area contributed by atoms with Gasteiger partial charge in [0.2, 0.25) is 0 Å². The summed E-state index contributed by atoms with van der Waals surface area (Å²) < 4.78 is 10.5. The van der Waals surface area contributed by atoms with Crippen molar-refractivity contribution in [1.29, 1.82) is 0 Å². The fraction of sp³-hybridized carbons (Fsp3) is 0.611. The predicted molar refractivity (Wildman–Crippen MR) is 87.9 cm³/mol. The van der Waals surface area contributed by atoms with Crippen molar-refractivity contribution in [2.75, 3.05) is 6.61 Å². The van der Waals surface area contributed by atoms with Crippen molar-refractivity contribution in [3.8, 4) is 0 Å². The summed E-state index contributed by atoms with van der Waals surface area (Å²) in [5.74, 6) is 0.425. The van der Waals surface area contributed by atoms with Gasteiger partial charge in [-0.05, 0) is 51.5 Å². The maximum Gasteiger partial charge on any atom is 0.306 e. The second kappa shape index (κ2) is 13.5. The molecule has 0 amide bonds. The Kier molecular flexibility index (Phi) is 12.5. The molecule has 21 heavy (non-hydrogen) atoms. The van der Waals surface area contributed by atoms with Crippen molar-refractivity contribution in [2.24, 2.45) is 5.92 Å². The van der Waals surface area contributed by atoms with E-state index in [4.69, 9.17) is 9.47 Å². The fourth-order valence-electron chi connectivity index (χ4n) is 1.75. The molecule has 0 fully saturated rings. The van der Waals surface area contributed by atoms with Gasteiger partial charge in [-0.2, -0.15) is 0 Å². The maximum absolute atomic E-state index is 11.3. The molecule has 0 aliphatic heterocycles. The van der Waals surface area contributed by atoms with Crippen LogP contribution in [0.4, 0.5) is 0 Å². The second-order valence-electron chi connectivity index (χ2n) is 5.31. The van der Waals surface area contributed by atoms with Gasteiger partial charge in [0.05, 0.1) is 19.0 Å². The molecule has 0 heterocycles. The molecule has 0 aliphatic carbocycles. The minimum absolute atomic E-state index is 0.0199. The lowest BCUT2D eigenvalue weighted by Gasteiger charge is -2.11. The van der Waals surface area contributed by atoms with Gasteiger partial charge in [0.15, 0.2) is 0 Å². The summed E-state index contributed by atoms with van der Waals surface area (Å²) >= 11 is 0. The SMILES string of the molecule is C=C/C=C\OCC(CC)C/C=C\CCCC(=O)OC(C)C. The van der Waals surface area contributed by atoms with Crippen LogP contribution < -0.4 is 0 Å². The highest BCUT2D eigenvalue weighted by molar-refractivity contribution is 5.69. The number of esters is 1. The number of ether oxygens (including phenoxy) is 2. The molecule has 0 aromatic rings. The third kappa shape index (κ3) is 13.2. The quantitative estimate of drug-likeness (QED) is 0.170. The van der Waals surface area contributed by atoms with Crippen molar-refractivity contribution in [3.63, 3.8) is 0 Å². The topological polar surface area (TPSA) is 35.5 Å². The van der Waals surface area contributed by atoms with Gasteiger partial charge >= 0.3 is 5.97 Å². The van der Waals surface area contributed by atoms with E-state index in [1.807, 2.05) is 13.8 Å². The van der Waals surface area contributed by atoms with E-state index < -0.39 is 0 Å². The Hall–Kier alpha value is -1.51. The van der Waals surface area contributed by atoms with Gasteiger partial charge < -0.3 is 9.47 Å². The summed E-state index contributed by atoms with van der Waals surface area (Å²) in [5.41, 5.74) is 0. The van der Waals surface area contributed by atoms with Gasteiger partial charge in [-0.1, -0.05) is 31.7 Å². The molecule has 0 rings (SSSR count). The number of rotatable bonds is 12. The monoisotopic (exact) mass is 294 g/mol. The van der Waals surface area contributed by atoms with Crippen LogP contribution in [0.25, 0.3) is 0 Å². The lowest BCUT2D eigenvalue weighted by molar-refractivity contribution is -0.147. The molecule has 0 aromatic carbocycles. The molecule has 120 valence electrons. The molecule has 0 bridgehead atoms. The van der Waals surface area contributed by atoms with Gasteiger partial charge in [0.1, 0.15) is 0 Å². The van der Waals surface area contributed by atoms with E-state index in [1.54, 1.807) is 18.4 Å². The fourth-order valence-corrected chi connectivity index (χ4v) is 1.75. The minimum atomic E-state index is -0.104. The maximum atomic E-state index is 11.3. The molecule has 3 nitrogen and oxygen atoms in total. The summed E-state index contributed by atoms with van der Waals surface area (Å²) in [7, 11) is 0. The van der Waals surface area contributed by atoms with Gasteiger partial charge in [-0.3, -0.25) is 4.79 Å². The molecule has 0 saturated heterocycles. The molecular formula is C18H30O3. The number of hydrogen-bond donors (Lipinski definition) is 0. The third-order valence-electron chi connectivity index (χ3n) is 2.98. The smallest absolute Gasteiger partial charge is 0.306 e. The van der Waals surface area contributed by atoms with Crippen molar-refractivity contribution in [2.45, 2.75) is 59.0 Å². The average molecular weight is 294 g/mol. The first-order valence-corrected chi connectivity index (χ1v) is 7.83. The molecule has 0 aliphatic rings. The van der Waals surface area contributed by atoms with Gasteiger partial charge in [-0.15, -0.1) is 0 Å². The highest BCUT2D eigenvalue weighted by atomic mass is 16.5. The molecule has 0 saturated carbocycles.